The second kappa shape index (κ2) is 6.95. The number of amides is 1. The van der Waals surface area contributed by atoms with Gasteiger partial charge in [-0.3, -0.25) is 9.59 Å². The van der Waals surface area contributed by atoms with Crippen LogP contribution in [-0.2, 0) is 14.3 Å². The largest absolute Gasteiger partial charge is 0.465 e. The maximum Gasteiger partial charge on any atom is 0.321 e. The number of piperazine rings is 1. The Balaban J connectivity index is 0.00000289. The third-order valence-corrected chi connectivity index (χ3v) is 2.98. The molecular formula is C12H23ClN2O3. The van der Waals surface area contributed by atoms with Gasteiger partial charge in [-0.05, 0) is 27.7 Å². The van der Waals surface area contributed by atoms with E-state index in [0.717, 1.165) is 6.54 Å². The van der Waals surface area contributed by atoms with Gasteiger partial charge in [0.15, 0.2) is 0 Å². The summed E-state index contributed by atoms with van der Waals surface area (Å²) in [6, 6.07) is 0.269. The highest BCUT2D eigenvalue weighted by Crippen LogP contribution is 2.21. The van der Waals surface area contributed by atoms with Gasteiger partial charge in [0, 0.05) is 25.7 Å². The number of rotatable bonds is 3. The molecule has 18 heavy (non-hydrogen) atoms. The molecule has 1 rings (SSSR count). The number of nitrogens with one attached hydrogen (secondary N) is 1. The standard InChI is InChI=1S/C12H22N2O3.ClH/c1-5-17-11(16)12(3,4)10(15)14-7-6-13-9(2)8-14;/h9,13H,5-8H2,1-4H3;1H/t9-;/m1./s1. The van der Waals surface area contributed by atoms with E-state index in [4.69, 9.17) is 4.74 Å². The average molecular weight is 279 g/mol. The first-order valence-electron chi connectivity index (χ1n) is 6.09. The SMILES string of the molecule is CCOC(=O)C(C)(C)C(=O)N1CCN[C@H](C)C1.Cl. The summed E-state index contributed by atoms with van der Waals surface area (Å²) < 4.78 is 4.94. The Morgan fingerprint density at radius 2 is 2.06 bits per heavy atom. The van der Waals surface area contributed by atoms with Crippen molar-refractivity contribution < 1.29 is 14.3 Å². The minimum absolute atomic E-state index is 0. The third kappa shape index (κ3) is 3.85. The molecule has 0 saturated carbocycles. The first-order chi connectivity index (χ1) is 7.89. The Hall–Kier alpha value is -0.810. The first-order valence-corrected chi connectivity index (χ1v) is 6.09. The minimum Gasteiger partial charge on any atom is -0.465 e. The highest BCUT2D eigenvalue weighted by atomic mass is 35.5. The van der Waals surface area contributed by atoms with Gasteiger partial charge in [0.05, 0.1) is 6.61 Å². The van der Waals surface area contributed by atoms with Crippen molar-refractivity contribution >= 4 is 24.3 Å². The lowest BCUT2D eigenvalue weighted by Gasteiger charge is -2.36. The molecule has 0 spiro atoms. The van der Waals surface area contributed by atoms with Crippen molar-refractivity contribution in [2.45, 2.75) is 33.7 Å². The molecule has 1 N–H and O–H groups in total. The summed E-state index contributed by atoms with van der Waals surface area (Å²) in [6.07, 6.45) is 0. The number of esters is 1. The molecule has 0 aromatic heterocycles. The Morgan fingerprint density at radius 3 is 2.56 bits per heavy atom. The number of hydrogen-bond donors (Lipinski definition) is 1. The predicted octanol–water partition coefficient (Wildman–Crippen LogP) is 0.818. The molecule has 1 amide bonds. The van der Waals surface area contributed by atoms with Crippen LogP contribution in [0.4, 0.5) is 0 Å². The highest BCUT2D eigenvalue weighted by Gasteiger charge is 2.41. The van der Waals surface area contributed by atoms with E-state index < -0.39 is 11.4 Å². The van der Waals surface area contributed by atoms with Gasteiger partial charge in [0.25, 0.3) is 0 Å². The lowest BCUT2D eigenvalue weighted by molar-refractivity contribution is -0.163. The van der Waals surface area contributed by atoms with Gasteiger partial charge in [0.2, 0.25) is 5.91 Å². The van der Waals surface area contributed by atoms with Crippen molar-refractivity contribution in [3.8, 4) is 0 Å². The van der Waals surface area contributed by atoms with E-state index in [1.54, 1.807) is 25.7 Å². The molecule has 6 heteroatoms. The predicted molar refractivity (Wildman–Crippen MR) is 71.7 cm³/mol. The fourth-order valence-corrected chi connectivity index (χ4v) is 1.91. The molecule has 5 nitrogen and oxygen atoms in total. The van der Waals surface area contributed by atoms with E-state index in [9.17, 15) is 9.59 Å². The van der Waals surface area contributed by atoms with Crippen LogP contribution in [0.5, 0.6) is 0 Å². The van der Waals surface area contributed by atoms with E-state index in [0.29, 0.717) is 19.7 Å². The number of carbonyl (C=O) groups excluding carboxylic acids is 2. The van der Waals surface area contributed by atoms with Crippen LogP contribution in [0.15, 0.2) is 0 Å². The van der Waals surface area contributed by atoms with Crippen molar-refractivity contribution in [1.29, 1.82) is 0 Å². The molecule has 0 radical (unpaired) electrons. The normalized spacial score (nSPS) is 20.0. The smallest absolute Gasteiger partial charge is 0.321 e. The number of hydrogen-bond acceptors (Lipinski definition) is 4. The van der Waals surface area contributed by atoms with Gasteiger partial charge in [0.1, 0.15) is 5.41 Å². The minimum atomic E-state index is -1.09. The summed E-state index contributed by atoms with van der Waals surface area (Å²) >= 11 is 0. The first kappa shape index (κ1) is 17.2. The maximum atomic E-state index is 12.3. The Labute approximate surface area is 115 Å². The zero-order valence-corrected chi connectivity index (χ0v) is 12.3. The van der Waals surface area contributed by atoms with E-state index in [1.807, 2.05) is 6.92 Å². The fraction of sp³-hybridized carbons (Fsp3) is 0.833. The lowest BCUT2D eigenvalue weighted by atomic mass is 9.91. The van der Waals surface area contributed by atoms with Crippen molar-refractivity contribution in [2.75, 3.05) is 26.2 Å². The van der Waals surface area contributed by atoms with Crippen LogP contribution in [-0.4, -0.2) is 49.1 Å². The second-order valence-corrected chi connectivity index (χ2v) is 4.95. The molecule has 1 atom stereocenters. The quantitative estimate of drug-likeness (QED) is 0.613. The lowest BCUT2D eigenvalue weighted by Crippen LogP contribution is -2.55. The van der Waals surface area contributed by atoms with Crippen LogP contribution in [0.3, 0.4) is 0 Å². The van der Waals surface area contributed by atoms with Crippen LogP contribution in [0, 0.1) is 5.41 Å². The second-order valence-electron chi connectivity index (χ2n) is 4.95. The number of ether oxygens (including phenoxy) is 1. The van der Waals surface area contributed by atoms with Gasteiger partial charge in [-0.2, -0.15) is 0 Å². The summed E-state index contributed by atoms with van der Waals surface area (Å²) in [5.41, 5.74) is -1.09. The van der Waals surface area contributed by atoms with Crippen LogP contribution < -0.4 is 5.32 Å². The van der Waals surface area contributed by atoms with Crippen LogP contribution in [0.2, 0.25) is 0 Å². The van der Waals surface area contributed by atoms with Crippen LogP contribution >= 0.6 is 12.4 Å². The van der Waals surface area contributed by atoms with Gasteiger partial charge >= 0.3 is 5.97 Å². The molecule has 0 aliphatic carbocycles. The molecule has 0 unspecified atom stereocenters. The number of nitrogens with zero attached hydrogens (tertiary/aromatic N) is 1. The number of carbonyl (C=O) groups is 2. The van der Waals surface area contributed by atoms with E-state index in [1.165, 1.54) is 0 Å². The maximum absolute atomic E-state index is 12.3. The molecule has 1 heterocycles. The van der Waals surface area contributed by atoms with Gasteiger partial charge < -0.3 is 15.0 Å². The molecule has 1 aliphatic heterocycles. The number of halogens is 1. The molecule has 1 aliphatic rings. The molecular weight excluding hydrogens is 256 g/mol. The summed E-state index contributed by atoms with van der Waals surface area (Å²) in [7, 11) is 0. The monoisotopic (exact) mass is 278 g/mol. The van der Waals surface area contributed by atoms with Crippen molar-refractivity contribution in [2.24, 2.45) is 5.41 Å². The van der Waals surface area contributed by atoms with Crippen molar-refractivity contribution in [3.05, 3.63) is 0 Å². The van der Waals surface area contributed by atoms with E-state index in [2.05, 4.69) is 5.32 Å². The van der Waals surface area contributed by atoms with E-state index >= 15 is 0 Å². The Kier molecular flexibility index (Phi) is 6.63. The molecule has 0 aromatic rings. The molecule has 0 bridgehead atoms. The van der Waals surface area contributed by atoms with Gasteiger partial charge in [-0.15, -0.1) is 12.4 Å². The Bertz CT molecular complexity index is 308. The van der Waals surface area contributed by atoms with Crippen LogP contribution in [0.25, 0.3) is 0 Å². The summed E-state index contributed by atoms with van der Waals surface area (Å²) in [4.78, 5) is 25.8. The van der Waals surface area contributed by atoms with E-state index in [-0.39, 0.29) is 24.4 Å². The summed E-state index contributed by atoms with van der Waals surface area (Å²) in [5, 5.41) is 3.26. The molecule has 1 fully saturated rings. The zero-order valence-electron chi connectivity index (χ0n) is 11.5. The Morgan fingerprint density at radius 1 is 1.44 bits per heavy atom. The van der Waals surface area contributed by atoms with Crippen LogP contribution in [0.1, 0.15) is 27.7 Å². The zero-order chi connectivity index (χ0) is 13.1. The highest BCUT2D eigenvalue weighted by molar-refractivity contribution is 6.01. The summed E-state index contributed by atoms with van der Waals surface area (Å²) in [5.74, 6) is -0.597. The third-order valence-electron chi connectivity index (χ3n) is 2.98. The average Bonchev–Trinajstić information content (AvgIpc) is 2.28. The topological polar surface area (TPSA) is 58.6 Å². The molecule has 0 aromatic carbocycles. The molecule has 106 valence electrons. The van der Waals surface area contributed by atoms with Gasteiger partial charge in [-0.25, -0.2) is 0 Å². The van der Waals surface area contributed by atoms with Gasteiger partial charge in [-0.1, -0.05) is 0 Å². The summed E-state index contributed by atoms with van der Waals surface area (Å²) in [6.45, 7) is 9.37. The van der Waals surface area contributed by atoms with Crippen molar-refractivity contribution in [3.63, 3.8) is 0 Å². The van der Waals surface area contributed by atoms with Crippen molar-refractivity contribution in [1.82, 2.24) is 10.2 Å². The fourth-order valence-electron chi connectivity index (χ4n) is 1.91. The molecule has 1 saturated heterocycles.